The lowest BCUT2D eigenvalue weighted by Crippen LogP contribution is -2.47. The van der Waals surface area contributed by atoms with Crippen molar-refractivity contribution in [2.45, 2.75) is 46.3 Å². The Bertz CT molecular complexity index is 1520. The lowest BCUT2D eigenvalue weighted by Gasteiger charge is -2.20. The van der Waals surface area contributed by atoms with Crippen LogP contribution < -0.4 is 15.7 Å². The smallest absolute Gasteiger partial charge is 0.339 e. The molecule has 0 radical (unpaired) electrons. The Labute approximate surface area is 200 Å². The van der Waals surface area contributed by atoms with Gasteiger partial charge in [0.25, 0.3) is 5.91 Å². The molecular formula is C26H26N2O7. The average molecular weight is 479 g/mol. The predicted molar refractivity (Wildman–Crippen MR) is 130 cm³/mol. The number of aryl methyl sites for hydroxylation is 2. The number of benzene rings is 2. The number of ether oxygens (including phenoxy) is 1. The Morgan fingerprint density at radius 3 is 2.54 bits per heavy atom. The molecule has 0 saturated carbocycles. The van der Waals surface area contributed by atoms with Gasteiger partial charge >= 0.3 is 11.6 Å². The van der Waals surface area contributed by atoms with Crippen LogP contribution in [-0.2, 0) is 16.0 Å². The maximum Gasteiger partial charge on any atom is 0.339 e. The van der Waals surface area contributed by atoms with E-state index in [1.165, 1.54) is 19.1 Å². The number of aromatic amines is 1. The SMILES string of the molecule is Cc1c(C)c2ccc(O[C@H](C)C(=O)N[C@@H](Cc3c[nH]c4ccc(O)cc34)C(=O)O)c(C)c2oc1=O. The predicted octanol–water partition coefficient (Wildman–Crippen LogP) is 3.48. The molecule has 35 heavy (non-hydrogen) atoms. The quantitative estimate of drug-likeness (QED) is 0.298. The van der Waals surface area contributed by atoms with Gasteiger partial charge in [0.2, 0.25) is 0 Å². The number of aromatic nitrogens is 1. The van der Waals surface area contributed by atoms with E-state index < -0.39 is 29.6 Å². The summed E-state index contributed by atoms with van der Waals surface area (Å²) in [5.74, 6) is -1.40. The first-order valence-corrected chi connectivity index (χ1v) is 11.1. The van der Waals surface area contributed by atoms with Gasteiger partial charge in [-0.05, 0) is 69.2 Å². The highest BCUT2D eigenvalue weighted by Crippen LogP contribution is 2.30. The fourth-order valence-corrected chi connectivity index (χ4v) is 4.04. The maximum atomic E-state index is 12.8. The monoisotopic (exact) mass is 478 g/mol. The molecule has 2 atom stereocenters. The molecule has 4 rings (SSSR count). The first kappa shape index (κ1) is 23.9. The summed E-state index contributed by atoms with van der Waals surface area (Å²) in [6.07, 6.45) is 0.649. The number of fused-ring (bicyclic) bond motifs is 2. The largest absolute Gasteiger partial charge is 0.508 e. The topological polar surface area (TPSA) is 142 Å². The van der Waals surface area contributed by atoms with E-state index in [-0.39, 0.29) is 12.2 Å². The zero-order valence-electron chi connectivity index (χ0n) is 19.8. The number of hydrogen-bond donors (Lipinski definition) is 4. The zero-order chi connectivity index (χ0) is 25.4. The van der Waals surface area contributed by atoms with Crippen LogP contribution in [0.25, 0.3) is 21.9 Å². The minimum atomic E-state index is -1.21. The molecule has 0 aliphatic rings. The van der Waals surface area contributed by atoms with Gasteiger partial charge in [0.05, 0.1) is 0 Å². The van der Waals surface area contributed by atoms with Gasteiger partial charge in [-0.1, -0.05) is 0 Å². The van der Waals surface area contributed by atoms with E-state index in [0.717, 1.165) is 16.5 Å². The van der Waals surface area contributed by atoms with Gasteiger partial charge in [0, 0.05) is 40.0 Å². The van der Waals surface area contributed by atoms with E-state index in [0.29, 0.717) is 33.4 Å². The van der Waals surface area contributed by atoms with Crippen LogP contribution in [-0.4, -0.2) is 39.2 Å². The van der Waals surface area contributed by atoms with Crippen LogP contribution >= 0.6 is 0 Å². The summed E-state index contributed by atoms with van der Waals surface area (Å²) in [6.45, 7) is 6.78. The van der Waals surface area contributed by atoms with Crippen molar-refractivity contribution < 1.29 is 29.0 Å². The van der Waals surface area contributed by atoms with Crippen LogP contribution in [0.4, 0.5) is 0 Å². The van der Waals surface area contributed by atoms with Crippen molar-refractivity contribution in [1.82, 2.24) is 10.3 Å². The number of aromatic hydroxyl groups is 1. The van der Waals surface area contributed by atoms with E-state index in [4.69, 9.17) is 9.15 Å². The third kappa shape index (κ3) is 4.57. The highest BCUT2D eigenvalue weighted by Gasteiger charge is 2.26. The Morgan fingerprint density at radius 2 is 1.83 bits per heavy atom. The number of H-pyrrole nitrogens is 1. The molecule has 4 aromatic rings. The van der Waals surface area contributed by atoms with Gasteiger partial charge in [-0.15, -0.1) is 0 Å². The molecule has 2 aromatic heterocycles. The molecule has 1 amide bonds. The summed E-state index contributed by atoms with van der Waals surface area (Å²) in [5, 5.41) is 23.4. The third-order valence-corrected chi connectivity index (χ3v) is 6.29. The summed E-state index contributed by atoms with van der Waals surface area (Å²) in [4.78, 5) is 39.8. The molecule has 0 unspecified atom stereocenters. The number of nitrogens with one attached hydrogen (secondary N) is 2. The van der Waals surface area contributed by atoms with Gasteiger partial charge in [0.1, 0.15) is 23.1 Å². The summed E-state index contributed by atoms with van der Waals surface area (Å²) in [6, 6.07) is 7.00. The lowest BCUT2D eigenvalue weighted by molar-refractivity contribution is -0.142. The van der Waals surface area contributed by atoms with Crippen LogP contribution in [0.3, 0.4) is 0 Å². The number of phenols is 1. The first-order chi connectivity index (χ1) is 16.6. The second kappa shape index (κ2) is 9.17. The van der Waals surface area contributed by atoms with Gasteiger partial charge in [-0.3, -0.25) is 4.79 Å². The third-order valence-electron chi connectivity index (χ3n) is 6.29. The van der Waals surface area contributed by atoms with Gasteiger partial charge in [-0.25, -0.2) is 9.59 Å². The summed E-state index contributed by atoms with van der Waals surface area (Å²) >= 11 is 0. The Morgan fingerprint density at radius 1 is 1.09 bits per heavy atom. The van der Waals surface area contributed by atoms with Crippen LogP contribution in [0.15, 0.2) is 45.7 Å². The fraction of sp³-hybridized carbons (Fsp3) is 0.269. The van der Waals surface area contributed by atoms with Crippen LogP contribution in [0.1, 0.15) is 29.2 Å². The molecule has 0 spiro atoms. The van der Waals surface area contributed by atoms with Crippen molar-refractivity contribution >= 4 is 33.7 Å². The fourth-order valence-electron chi connectivity index (χ4n) is 4.04. The number of carboxylic acid groups (broad SMARTS) is 1. The van der Waals surface area contributed by atoms with Crippen molar-refractivity contribution in [3.8, 4) is 11.5 Å². The second-order valence-corrected chi connectivity index (χ2v) is 8.61. The number of aliphatic carboxylic acids is 1. The number of rotatable bonds is 7. The minimum Gasteiger partial charge on any atom is -0.508 e. The van der Waals surface area contributed by atoms with Crippen molar-refractivity contribution in [2.75, 3.05) is 0 Å². The number of hydrogen-bond acceptors (Lipinski definition) is 6. The summed E-state index contributed by atoms with van der Waals surface area (Å²) in [5.41, 5.74) is 3.24. The van der Waals surface area contributed by atoms with Crippen molar-refractivity contribution in [1.29, 1.82) is 0 Å². The summed E-state index contributed by atoms with van der Waals surface area (Å²) in [7, 11) is 0. The average Bonchev–Trinajstić information content (AvgIpc) is 3.20. The molecule has 182 valence electrons. The zero-order valence-corrected chi connectivity index (χ0v) is 19.8. The number of carbonyl (C=O) groups is 2. The standard InChI is InChI=1S/C26H26N2O7/c1-12-13(2)26(33)35-23-14(3)22(8-6-18(12)23)34-15(4)24(30)28-21(25(31)32)9-16-11-27-20-7-5-17(29)10-19(16)20/h5-8,10-11,15,21,27,29H,9H2,1-4H3,(H,28,30)(H,31,32)/t15-,21+/m1/s1. The lowest BCUT2D eigenvalue weighted by atomic mass is 10.0. The van der Waals surface area contributed by atoms with E-state index in [2.05, 4.69) is 10.3 Å². The Balaban J connectivity index is 1.52. The minimum absolute atomic E-state index is 0.00995. The van der Waals surface area contributed by atoms with Crippen LogP contribution in [0, 0.1) is 20.8 Å². The van der Waals surface area contributed by atoms with E-state index in [1.54, 1.807) is 38.2 Å². The van der Waals surface area contributed by atoms with Crippen molar-refractivity contribution in [2.24, 2.45) is 0 Å². The van der Waals surface area contributed by atoms with Crippen LogP contribution in [0.2, 0.25) is 0 Å². The highest BCUT2D eigenvalue weighted by molar-refractivity contribution is 5.89. The first-order valence-electron chi connectivity index (χ1n) is 11.1. The molecular weight excluding hydrogens is 452 g/mol. The molecule has 0 saturated heterocycles. The molecule has 2 aromatic carbocycles. The Hall–Kier alpha value is -4.27. The van der Waals surface area contributed by atoms with E-state index in [1.807, 2.05) is 6.92 Å². The normalized spacial score (nSPS) is 13.0. The van der Waals surface area contributed by atoms with Gasteiger partial charge < -0.3 is 29.7 Å². The second-order valence-electron chi connectivity index (χ2n) is 8.61. The maximum absolute atomic E-state index is 12.8. The number of carbonyl (C=O) groups excluding carboxylic acids is 1. The number of phenolic OH excluding ortho intramolecular Hbond substituents is 1. The van der Waals surface area contributed by atoms with Crippen LogP contribution in [0.5, 0.6) is 11.5 Å². The number of amides is 1. The number of carboxylic acids is 1. The molecule has 0 aliphatic carbocycles. The highest BCUT2D eigenvalue weighted by atomic mass is 16.5. The van der Waals surface area contributed by atoms with Gasteiger partial charge in [0.15, 0.2) is 6.10 Å². The Kier molecular flexibility index (Phi) is 6.26. The summed E-state index contributed by atoms with van der Waals surface area (Å²) < 4.78 is 11.3. The van der Waals surface area contributed by atoms with E-state index >= 15 is 0 Å². The molecule has 9 heteroatoms. The molecule has 0 fully saturated rings. The van der Waals surface area contributed by atoms with Crippen molar-refractivity contribution in [3.63, 3.8) is 0 Å². The van der Waals surface area contributed by atoms with Gasteiger partial charge in [-0.2, -0.15) is 0 Å². The molecule has 0 bridgehead atoms. The van der Waals surface area contributed by atoms with Crippen molar-refractivity contribution in [3.05, 3.63) is 69.2 Å². The molecule has 9 nitrogen and oxygen atoms in total. The molecule has 4 N–H and O–H groups in total. The molecule has 2 heterocycles. The molecule has 0 aliphatic heterocycles. The van der Waals surface area contributed by atoms with E-state index in [9.17, 15) is 24.6 Å².